The van der Waals surface area contributed by atoms with E-state index >= 15 is 0 Å². The van der Waals surface area contributed by atoms with Crippen LogP contribution in [0, 0.1) is 5.92 Å². The number of carbonyl (C=O) groups excluding carboxylic acids is 2. The number of imide groups is 1. The summed E-state index contributed by atoms with van der Waals surface area (Å²) in [4.78, 5) is 32.8. The molecule has 1 N–H and O–H groups in total. The Morgan fingerprint density at radius 2 is 1.96 bits per heavy atom. The maximum atomic E-state index is 12.5. The summed E-state index contributed by atoms with van der Waals surface area (Å²) in [5, 5.41) is 3.34. The highest BCUT2D eigenvalue weighted by molar-refractivity contribution is 8.13. The number of hydrogen-bond acceptors (Lipinski definition) is 5. The molecule has 1 aromatic carbocycles. The van der Waals surface area contributed by atoms with Crippen molar-refractivity contribution in [3.05, 3.63) is 35.9 Å². The number of nitrogens with one attached hydrogen (secondary N) is 1. The van der Waals surface area contributed by atoms with Crippen molar-refractivity contribution in [2.45, 2.75) is 45.3 Å². The van der Waals surface area contributed by atoms with E-state index in [-0.39, 0.29) is 11.9 Å². The summed E-state index contributed by atoms with van der Waals surface area (Å²) in [5.74, 6) is 1.24. The normalized spacial score (nSPS) is 22.1. The number of aliphatic imine (C=N–C) groups is 1. The van der Waals surface area contributed by atoms with Crippen molar-refractivity contribution < 1.29 is 9.59 Å². The van der Waals surface area contributed by atoms with Crippen molar-refractivity contribution in [1.82, 2.24) is 15.1 Å². The van der Waals surface area contributed by atoms with Crippen molar-refractivity contribution >= 4 is 28.9 Å². The van der Waals surface area contributed by atoms with Crippen LogP contribution in [0.2, 0.25) is 0 Å². The summed E-state index contributed by atoms with van der Waals surface area (Å²) in [5.41, 5.74) is 1.33. The monoisotopic (exact) mass is 388 g/mol. The van der Waals surface area contributed by atoms with E-state index in [4.69, 9.17) is 4.99 Å². The van der Waals surface area contributed by atoms with Crippen molar-refractivity contribution in [3.63, 3.8) is 0 Å². The van der Waals surface area contributed by atoms with Crippen LogP contribution in [0.1, 0.15) is 32.3 Å². The third-order valence-electron chi connectivity index (χ3n) is 4.95. The van der Waals surface area contributed by atoms with Gasteiger partial charge in [0.15, 0.2) is 17.4 Å². The van der Waals surface area contributed by atoms with E-state index in [1.807, 2.05) is 6.07 Å². The van der Waals surface area contributed by atoms with Gasteiger partial charge in [-0.25, -0.2) is 9.79 Å². The number of hydrogen-bond donors (Lipinski definition) is 1. The number of nitrogens with zero attached hydrogens (tertiary/aromatic N) is 3. The molecule has 0 bridgehead atoms. The maximum absolute atomic E-state index is 12.5. The molecule has 7 heteroatoms. The minimum Gasteiger partial charge on any atom is -0.336 e. The molecule has 146 valence electrons. The second-order valence-corrected chi connectivity index (χ2v) is 8.55. The summed E-state index contributed by atoms with van der Waals surface area (Å²) in [6.07, 6.45) is 2.63. The fourth-order valence-corrected chi connectivity index (χ4v) is 4.36. The maximum Gasteiger partial charge on any atom is 0.325 e. The van der Waals surface area contributed by atoms with Gasteiger partial charge in [-0.15, -0.1) is 0 Å². The lowest BCUT2D eigenvalue weighted by molar-refractivity contribution is -0.127. The number of fused-ring (bicyclic) bond motifs is 1. The smallest absolute Gasteiger partial charge is 0.325 e. The van der Waals surface area contributed by atoms with Gasteiger partial charge in [0.25, 0.3) is 5.91 Å². The van der Waals surface area contributed by atoms with E-state index in [9.17, 15) is 9.59 Å². The number of aryl methyl sites for hydroxylation is 1. The van der Waals surface area contributed by atoms with Gasteiger partial charge in [0.05, 0.1) is 0 Å². The van der Waals surface area contributed by atoms with Crippen LogP contribution in [0.15, 0.2) is 35.3 Å². The van der Waals surface area contributed by atoms with E-state index < -0.39 is 12.2 Å². The van der Waals surface area contributed by atoms with Crippen molar-refractivity contribution in [2.75, 3.05) is 19.3 Å². The third-order valence-corrected chi connectivity index (χ3v) is 6.04. The average molecular weight is 389 g/mol. The van der Waals surface area contributed by atoms with Crippen LogP contribution in [0.4, 0.5) is 4.79 Å². The van der Waals surface area contributed by atoms with E-state index in [1.165, 1.54) is 10.5 Å². The molecule has 27 heavy (non-hydrogen) atoms. The van der Waals surface area contributed by atoms with Gasteiger partial charge in [-0.05, 0) is 30.7 Å². The summed E-state index contributed by atoms with van der Waals surface area (Å²) in [6.45, 7) is 5.13. The zero-order valence-corrected chi connectivity index (χ0v) is 17.0. The molecule has 0 radical (unpaired) electrons. The molecule has 1 saturated heterocycles. The van der Waals surface area contributed by atoms with Crippen LogP contribution in [0.5, 0.6) is 0 Å². The Balaban J connectivity index is 1.64. The quantitative estimate of drug-likeness (QED) is 0.730. The van der Waals surface area contributed by atoms with Gasteiger partial charge in [-0.3, -0.25) is 10.1 Å². The van der Waals surface area contributed by atoms with Gasteiger partial charge < -0.3 is 9.80 Å². The molecule has 0 aromatic heterocycles. The average Bonchev–Trinajstić information content (AvgIpc) is 3.01. The molecule has 2 aliphatic heterocycles. The van der Waals surface area contributed by atoms with Crippen molar-refractivity contribution in [3.8, 4) is 0 Å². The fraction of sp³-hybridized carbons (Fsp3) is 0.550. The highest BCUT2D eigenvalue weighted by Crippen LogP contribution is 2.29. The topological polar surface area (TPSA) is 65.0 Å². The first-order chi connectivity index (χ1) is 13.0. The summed E-state index contributed by atoms with van der Waals surface area (Å²) < 4.78 is 0. The predicted octanol–water partition coefficient (Wildman–Crippen LogP) is 2.95. The van der Waals surface area contributed by atoms with Crippen LogP contribution in [-0.4, -0.2) is 58.5 Å². The standard InChI is InChI=1S/C20H28N4O2S/c1-14(2)11-12-24-16-17(23(3)19(26)22-18(16)25)21-20(24)27-13-7-10-15-8-5-4-6-9-15/h4-6,8-9,14,16-17H,7,10-13H2,1-3H3,(H,22,25,26). The predicted molar refractivity (Wildman–Crippen MR) is 110 cm³/mol. The number of thioether (sulfide) groups is 1. The van der Waals surface area contributed by atoms with E-state index in [0.29, 0.717) is 5.92 Å². The van der Waals surface area contributed by atoms with Gasteiger partial charge >= 0.3 is 6.03 Å². The largest absolute Gasteiger partial charge is 0.336 e. The molecule has 0 spiro atoms. The Morgan fingerprint density at radius 3 is 2.67 bits per heavy atom. The van der Waals surface area contributed by atoms with Gasteiger partial charge in [0.1, 0.15) is 0 Å². The van der Waals surface area contributed by atoms with Crippen LogP contribution in [-0.2, 0) is 11.2 Å². The summed E-state index contributed by atoms with van der Waals surface area (Å²) >= 11 is 1.69. The van der Waals surface area contributed by atoms with Crippen LogP contribution < -0.4 is 5.32 Å². The molecule has 3 amide bonds. The summed E-state index contributed by atoms with van der Waals surface area (Å²) in [7, 11) is 1.70. The number of urea groups is 1. The summed E-state index contributed by atoms with van der Waals surface area (Å²) in [6, 6.07) is 9.66. The van der Waals surface area contributed by atoms with Crippen molar-refractivity contribution in [1.29, 1.82) is 0 Å². The molecule has 0 aliphatic carbocycles. The van der Waals surface area contributed by atoms with Gasteiger partial charge in [-0.1, -0.05) is 55.9 Å². The second-order valence-electron chi connectivity index (χ2n) is 7.49. The lowest BCUT2D eigenvalue weighted by Gasteiger charge is -2.36. The first-order valence-corrected chi connectivity index (χ1v) is 10.5. The molecule has 1 aromatic rings. The lowest BCUT2D eigenvalue weighted by atomic mass is 10.1. The number of carbonyl (C=O) groups is 2. The number of benzene rings is 1. The second kappa shape index (κ2) is 8.78. The molecule has 2 unspecified atom stereocenters. The minimum atomic E-state index is -0.421. The molecular formula is C20H28N4O2S. The Hall–Kier alpha value is -2.02. The molecule has 1 fully saturated rings. The SMILES string of the molecule is CC(C)CCN1C(SCCCc2ccccc2)=NC2C1C(=O)NC(=O)N2C. The van der Waals surface area contributed by atoms with E-state index in [0.717, 1.165) is 36.7 Å². The molecule has 2 heterocycles. The molecule has 6 nitrogen and oxygen atoms in total. The van der Waals surface area contributed by atoms with Crippen LogP contribution >= 0.6 is 11.8 Å². The first kappa shape index (κ1) is 19.7. The van der Waals surface area contributed by atoms with Crippen LogP contribution in [0.3, 0.4) is 0 Å². The van der Waals surface area contributed by atoms with E-state index in [1.54, 1.807) is 18.8 Å². The zero-order chi connectivity index (χ0) is 19.4. The van der Waals surface area contributed by atoms with Crippen molar-refractivity contribution in [2.24, 2.45) is 10.9 Å². The lowest BCUT2D eigenvalue weighted by Crippen LogP contribution is -2.63. The number of likely N-dealkylation sites (N-methyl/N-ethyl adjacent to an activating group) is 1. The van der Waals surface area contributed by atoms with E-state index in [2.05, 4.69) is 48.3 Å². The number of rotatable bonds is 7. The number of amidine groups is 1. The van der Waals surface area contributed by atoms with Gasteiger partial charge in [0, 0.05) is 19.3 Å². The Morgan fingerprint density at radius 1 is 1.22 bits per heavy atom. The van der Waals surface area contributed by atoms with Gasteiger partial charge in [0.2, 0.25) is 0 Å². The molecule has 2 atom stereocenters. The number of amides is 3. The molecular weight excluding hydrogens is 360 g/mol. The highest BCUT2D eigenvalue weighted by Gasteiger charge is 2.48. The minimum absolute atomic E-state index is 0.240. The Labute approximate surface area is 165 Å². The fourth-order valence-electron chi connectivity index (χ4n) is 3.34. The van der Waals surface area contributed by atoms with Crippen LogP contribution in [0.25, 0.3) is 0 Å². The Kier molecular flexibility index (Phi) is 6.42. The third kappa shape index (κ3) is 4.64. The molecule has 3 rings (SSSR count). The molecule has 2 aliphatic rings. The first-order valence-electron chi connectivity index (χ1n) is 9.56. The molecule has 0 saturated carbocycles. The Bertz CT molecular complexity index is 707. The zero-order valence-electron chi connectivity index (χ0n) is 16.2. The van der Waals surface area contributed by atoms with Gasteiger partial charge in [-0.2, -0.15) is 0 Å². The highest BCUT2D eigenvalue weighted by atomic mass is 32.2.